The van der Waals surface area contributed by atoms with Crippen molar-refractivity contribution in [3.05, 3.63) is 36.0 Å². The Balaban J connectivity index is 1.96. The van der Waals surface area contributed by atoms with Gasteiger partial charge in [0.2, 0.25) is 10.0 Å². The first-order chi connectivity index (χ1) is 11.0. The highest BCUT2D eigenvalue weighted by molar-refractivity contribution is 7.89. The van der Waals surface area contributed by atoms with Crippen molar-refractivity contribution in [2.45, 2.75) is 43.5 Å². The van der Waals surface area contributed by atoms with Crippen LogP contribution in [-0.4, -0.2) is 26.0 Å². The summed E-state index contributed by atoms with van der Waals surface area (Å²) in [7, 11) is -3.64. The molecule has 0 bridgehead atoms. The molecule has 23 heavy (non-hydrogen) atoms. The Hall–Kier alpha value is -1.50. The van der Waals surface area contributed by atoms with Gasteiger partial charge in [-0.25, -0.2) is 13.1 Å². The van der Waals surface area contributed by atoms with Gasteiger partial charge >= 0.3 is 0 Å². The Labute approximate surface area is 137 Å². The van der Waals surface area contributed by atoms with Crippen LogP contribution in [-0.2, 0) is 10.0 Å². The van der Waals surface area contributed by atoms with Crippen molar-refractivity contribution in [1.82, 2.24) is 9.71 Å². The third-order valence-corrected chi connectivity index (χ3v) is 6.15. The van der Waals surface area contributed by atoms with Gasteiger partial charge in [-0.1, -0.05) is 25.0 Å². The van der Waals surface area contributed by atoms with Gasteiger partial charge in [-0.2, -0.15) is 0 Å². The second-order valence-electron chi connectivity index (χ2n) is 6.35. The maximum atomic E-state index is 12.9. The zero-order valence-corrected chi connectivity index (χ0v) is 14.1. The third kappa shape index (κ3) is 3.39. The average molecular weight is 333 g/mol. The number of fused-ring (bicyclic) bond motifs is 1. The van der Waals surface area contributed by atoms with E-state index in [2.05, 4.69) is 9.71 Å². The van der Waals surface area contributed by atoms with Crippen molar-refractivity contribution < 1.29 is 8.42 Å². The molecule has 1 aliphatic carbocycles. The normalized spacial score (nSPS) is 17.7. The number of nitrogens with two attached hydrogens (primary N) is 1. The van der Waals surface area contributed by atoms with Gasteiger partial charge in [-0.15, -0.1) is 0 Å². The van der Waals surface area contributed by atoms with E-state index in [0.29, 0.717) is 18.0 Å². The van der Waals surface area contributed by atoms with E-state index < -0.39 is 10.0 Å². The fourth-order valence-corrected chi connectivity index (χ4v) is 4.92. The number of sulfonamides is 1. The number of aryl methyl sites for hydroxylation is 1. The third-order valence-electron chi connectivity index (χ3n) is 4.63. The van der Waals surface area contributed by atoms with Crippen molar-refractivity contribution in [3.63, 3.8) is 0 Å². The van der Waals surface area contributed by atoms with Crippen LogP contribution in [0.3, 0.4) is 0 Å². The van der Waals surface area contributed by atoms with E-state index in [1.54, 1.807) is 18.3 Å². The van der Waals surface area contributed by atoms with Gasteiger partial charge in [-0.3, -0.25) is 4.98 Å². The average Bonchev–Trinajstić information content (AvgIpc) is 3.06. The molecule has 1 aromatic heterocycles. The SMILES string of the molecule is Cc1cnc2c(S(=O)(=O)NC(CN)C3CCCC3)cccc2c1. The molecule has 3 rings (SSSR count). The lowest BCUT2D eigenvalue weighted by Crippen LogP contribution is -2.44. The number of rotatable bonds is 5. The monoisotopic (exact) mass is 333 g/mol. The molecule has 124 valence electrons. The van der Waals surface area contributed by atoms with E-state index >= 15 is 0 Å². The van der Waals surface area contributed by atoms with Crippen molar-refractivity contribution in [1.29, 1.82) is 0 Å². The first-order valence-electron chi connectivity index (χ1n) is 8.09. The smallest absolute Gasteiger partial charge is 0.243 e. The number of nitrogens with one attached hydrogen (secondary N) is 1. The van der Waals surface area contributed by atoms with Crippen LogP contribution in [0, 0.1) is 12.8 Å². The van der Waals surface area contributed by atoms with Crippen molar-refractivity contribution >= 4 is 20.9 Å². The molecule has 0 spiro atoms. The van der Waals surface area contributed by atoms with Gasteiger partial charge in [-0.05, 0) is 43.4 Å². The number of benzene rings is 1. The largest absolute Gasteiger partial charge is 0.329 e. The number of para-hydroxylation sites is 1. The molecule has 0 saturated heterocycles. The minimum Gasteiger partial charge on any atom is -0.329 e. The molecule has 5 nitrogen and oxygen atoms in total. The molecular formula is C17H23N3O2S. The van der Waals surface area contributed by atoms with E-state index in [9.17, 15) is 8.42 Å². The fraction of sp³-hybridized carbons (Fsp3) is 0.471. The number of nitrogens with zero attached hydrogens (tertiary/aromatic N) is 1. The van der Waals surface area contributed by atoms with Crippen molar-refractivity contribution in [2.75, 3.05) is 6.54 Å². The molecule has 0 amide bonds. The van der Waals surface area contributed by atoms with Crippen LogP contribution in [0.4, 0.5) is 0 Å². The second kappa shape index (κ2) is 6.55. The van der Waals surface area contributed by atoms with Gasteiger partial charge in [0, 0.05) is 24.2 Å². The maximum Gasteiger partial charge on any atom is 0.243 e. The minimum absolute atomic E-state index is 0.205. The predicted molar refractivity (Wildman–Crippen MR) is 91.6 cm³/mol. The highest BCUT2D eigenvalue weighted by atomic mass is 32.2. The van der Waals surface area contributed by atoms with Crippen LogP contribution in [0.2, 0.25) is 0 Å². The standard InChI is InChI=1S/C17H23N3O2S/c1-12-9-14-7-4-8-16(17(14)19-11-12)23(21,22)20-15(10-18)13-5-2-3-6-13/h4,7-9,11,13,15,20H,2-3,5-6,10,18H2,1H3. The summed E-state index contributed by atoms with van der Waals surface area (Å²) in [6, 6.07) is 6.98. The molecule has 0 radical (unpaired) electrons. The Morgan fingerprint density at radius 2 is 2.09 bits per heavy atom. The summed E-state index contributed by atoms with van der Waals surface area (Å²) >= 11 is 0. The van der Waals surface area contributed by atoms with Gasteiger partial charge in [0.15, 0.2) is 0 Å². The Bertz CT molecular complexity index is 799. The van der Waals surface area contributed by atoms with Crippen LogP contribution in [0.15, 0.2) is 35.4 Å². The molecule has 6 heteroatoms. The quantitative estimate of drug-likeness (QED) is 0.879. The number of aromatic nitrogens is 1. The van der Waals surface area contributed by atoms with Crippen LogP contribution in [0.25, 0.3) is 10.9 Å². The van der Waals surface area contributed by atoms with Gasteiger partial charge in [0.1, 0.15) is 4.90 Å². The summed E-state index contributed by atoms with van der Waals surface area (Å²) in [4.78, 5) is 4.56. The summed E-state index contributed by atoms with van der Waals surface area (Å²) in [5, 5.41) is 0.832. The second-order valence-corrected chi connectivity index (χ2v) is 8.03. The lowest BCUT2D eigenvalue weighted by Gasteiger charge is -2.23. The molecule has 1 fully saturated rings. The lowest BCUT2D eigenvalue weighted by molar-refractivity contribution is 0.406. The number of hydrogen-bond acceptors (Lipinski definition) is 4. The number of hydrogen-bond donors (Lipinski definition) is 2. The summed E-state index contributed by atoms with van der Waals surface area (Å²) in [6.07, 6.45) is 6.07. The van der Waals surface area contributed by atoms with Crippen molar-refractivity contribution in [2.24, 2.45) is 11.7 Å². The summed E-state index contributed by atoms with van der Waals surface area (Å²) in [5.74, 6) is 0.333. The molecule has 1 aliphatic rings. The number of pyridine rings is 1. The van der Waals surface area contributed by atoms with E-state index in [4.69, 9.17) is 5.73 Å². The summed E-state index contributed by atoms with van der Waals surface area (Å²) < 4.78 is 28.5. The molecular weight excluding hydrogens is 310 g/mol. The molecule has 0 aliphatic heterocycles. The first kappa shape index (κ1) is 16.4. The van der Waals surface area contributed by atoms with E-state index in [1.807, 2.05) is 19.1 Å². The summed E-state index contributed by atoms with van der Waals surface area (Å²) in [5.41, 5.74) is 7.34. The van der Waals surface area contributed by atoms with Gasteiger partial charge in [0.25, 0.3) is 0 Å². The predicted octanol–water partition coefficient (Wildman–Crippen LogP) is 2.34. The zero-order chi connectivity index (χ0) is 16.4. The van der Waals surface area contributed by atoms with Gasteiger partial charge in [0.05, 0.1) is 5.52 Å². The molecule has 1 atom stereocenters. The molecule has 1 heterocycles. The topological polar surface area (TPSA) is 85.1 Å². The Kier molecular flexibility index (Phi) is 4.66. The Morgan fingerprint density at radius 1 is 1.35 bits per heavy atom. The molecule has 1 unspecified atom stereocenters. The van der Waals surface area contributed by atoms with E-state index in [0.717, 1.165) is 36.6 Å². The Morgan fingerprint density at radius 3 is 2.78 bits per heavy atom. The van der Waals surface area contributed by atoms with Crippen molar-refractivity contribution in [3.8, 4) is 0 Å². The van der Waals surface area contributed by atoms with Gasteiger partial charge < -0.3 is 5.73 Å². The van der Waals surface area contributed by atoms with Crippen LogP contribution in [0.5, 0.6) is 0 Å². The van der Waals surface area contributed by atoms with Crippen LogP contribution < -0.4 is 10.5 Å². The zero-order valence-electron chi connectivity index (χ0n) is 13.3. The molecule has 3 N–H and O–H groups in total. The van der Waals surface area contributed by atoms with Crippen LogP contribution >= 0.6 is 0 Å². The highest BCUT2D eigenvalue weighted by Gasteiger charge is 2.29. The molecule has 1 saturated carbocycles. The van der Waals surface area contributed by atoms with E-state index in [1.165, 1.54) is 0 Å². The van der Waals surface area contributed by atoms with Crippen LogP contribution in [0.1, 0.15) is 31.2 Å². The first-order valence-corrected chi connectivity index (χ1v) is 9.57. The fourth-order valence-electron chi connectivity index (χ4n) is 3.42. The van der Waals surface area contributed by atoms with E-state index in [-0.39, 0.29) is 10.9 Å². The minimum atomic E-state index is -3.64. The lowest BCUT2D eigenvalue weighted by atomic mass is 9.99. The maximum absolute atomic E-state index is 12.9. The molecule has 1 aromatic carbocycles. The molecule has 2 aromatic rings. The summed E-state index contributed by atoms with van der Waals surface area (Å²) in [6.45, 7) is 2.26. The highest BCUT2D eigenvalue weighted by Crippen LogP contribution is 2.29.